The molecule has 0 spiro atoms. The van der Waals surface area contributed by atoms with Gasteiger partial charge in [-0.1, -0.05) is 13.0 Å². The van der Waals surface area contributed by atoms with E-state index in [0.29, 0.717) is 34.1 Å². The first-order chi connectivity index (χ1) is 17.0. The molecule has 1 fully saturated rings. The van der Waals surface area contributed by atoms with Crippen LogP contribution in [0.3, 0.4) is 0 Å². The molecule has 0 radical (unpaired) electrons. The Labute approximate surface area is 217 Å². The fourth-order valence-electron chi connectivity index (χ4n) is 3.53. The smallest absolute Gasteiger partial charge is 0.358 e. The van der Waals surface area contributed by atoms with Crippen LogP contribution >= 0.6 is 23.1 Å². The molecule has 2 aliphatic rings. The van der Waals surface area contributed by atoms with Crippen LogP contribution in [0.5, 0.6) is 0 Å². The van der Waals surface area contributed by atoms with Crippen LogP contribution in [-0.4, -0.2) is 71.3 Å². The normalized spacial score (nSPS) is 20.0. The molecule has 2 amide bonds. The third-order valence-corrected chi connectivity index (χ3v) is 7.30. The number of carbonyl (C=O) groups is 4. The zero-order valence-electron chi connectivity index (χ0n) is 20.8. The molecule has 3 rings (SSSR count). The molecule has 0 saturated carbocycles. The summed E-state index contributed by atoms with van der Waals surface area (Å²) in [7, 11) is 1.48. The number of nitrogens with zero attached hydrogens (tertiary/aromatic N) is 2. The lowest BCUT2D eigenvalue weighted by Gasteiger charge is -2.49. The van der Waals surface area contributed by atoms with Gasteiger partial charge in [-0.05, 0) is 32.8 Å². The summed E-state index contributed by atoms with van der Waals surface area (Å²) in [4.78, 5) is 56.5. The van der Waals surface area contributed by atoms with Crippen LogP contribution in [0.1, 0.15) is 39.8 Å². The molecular weight excluding hydrogens is 508 g/mol. The van der Waals surface area contributed by atoms with Gasteiger partial charge in [-0.15, -0.1) is 23.1 Å². The summed E-state index contributed by atoms with van der Waals surface area (Å²) in [5, 5.41) is 4.27. The Morgan fingerprint density at radius 2 is 2.03 bits per heavy atom. The van der Waals surface area contributed by atoms with E-state index in [4.69, 9.17) is 19.9 Å². The number of β-lactam (4-membered cyclic amide) rings is 1. The van der Waals surface area contributed by atoms with Gasteiger partial charge >= 0.3 is 11.9 Å². The number of hydrogen-bond acceptors (Lipinski definition) is 11. The van der Waals surface area contributed by atoms with Crippen LogP contribution in [0.15, 0.2) is 22.7 Å². The summed E-state index contributed by atoms with van der Waals surface area (Å²) in [5.41, 5.74) is 6.33. The highest BCUT2D eigenvalue weighted by Crippen LogP contribution is 2.41. The minimum atomic E-state index is -0.843. The van der Waals surface area contributed by atoms with Crippen LogP contribution in [0.2, 0.25) is 0 Å². The predicted octanol–water partition coefficient (Wildman–Crippen LogP) is 1.91. The lowest BCUT2D eigenvalue weighted by molar-refractivity contribution is -0.173. The fraction of sp³-hybridized carbons (Fsp3) is 0.522. The van der Waals surface area contributed by atoms with Crippen molar-refractivity contribution < 1.29 is 33.4 Å². The Hall–Kier alpha value is -2.90. The van der Waals surface area contributed by atoms with Crippen molar-refractivity contribution in [2.75, 3.05) is 32.0 Å². The Bertz CT molecular complexity index is 1110. The van der Waals surface area contributed by atoms with Gasteiger partial charge in [-0.25, -0.2) is 9.78 Å². The van der Waals surface area contributed by atoms with Gasteiger partial charge < -0.3 is 25.3 Å². The number of nitrogens with one attached hydrogen (secondary N) is 1. The zero-order chi connectivity index (χ0) is 26.6. The topological polar surface area (TPSA) is 150 Å². The standard InChI is InChI=1S/C23H30N4O7S2/c1-6-7-13(14-10-36-22(24)25-14)17(28)26-15-18(29)27-16(12(8-32-5)9-35-19(15)27)20(30)33-11-34-21(31)23(2,3)4/h7,10,15,19H,6,8-9,11H2,1-5H3,(H2,24,25)(H,26,28)/b13-7-/t15-,19-/m1/s1. The molecule has 0 bridgehead atoms. The minimum absolute atomic E-state index is 0.0412. The summed E-state index contributed by atoms with van der Waals surface area (Å²) in [6, 6.07) is -0.843. The summed E-state index contributed by atoms with van der Waals surface area (Å²) in [6.07, 6.45) is 2.30. The second kappa shape index (κ2) is 11.4. The molecule has 2 aliphatic heterocycles. The highest BCUT2D eigenvalue weighted by molar-refractivity contribution is 8.00. The van der Waals surface area contributed by atoms with Crippen LogP contribution in [0, 0.1) is 5.41 Å². The molecule has 1 aromatic heterocycles. The maximum atomic E-state index is 13.1. The number of allylic oxidation sites excluding steroid dienone is 1. The second-order valence-corrected chi connectivity index (χ2v) is 11.1. The van der Waals surface area contributed by atoms with Gasteiger partial charge in [0, 0.05) is 18.2 Å². The Kier molecular flexibility index (Phi) is 8.80. The van der Waals surface area contributed by atoms with Gasteiger partial charge in [0.25, 0.3) is 11.8 Å². The van der Waals surface area contributed by atoms with E-state index in [1.54, 1.807) is 32.2 Å². The van der Waals surface area contributed by atoms with E-state index in [9.17, 15) is 19.2 Å². The number of thiazole rings is 1. The van der Waals surface area contributed by atoms with Crippen molar-refractivity contribution >= 4 is 57.6 Å². The van der Waals surface area contributed by atoms with E-state index in [-0.39, 0.29) is 12.3 Å². The predicted molar refractivity (Wildman–Crippen MR) is 135 cm³/mol. The fourth-order valence-corrected chi connectivity index (χ4v) is 5.42. The van der Waals surface area contributed by atoms with E-state index >= 15 is 0 Å². The number of thioether (sulfide) groups is 1. The third-order valence-electron chi connectivity index (χ3n) is 5.29. The van der Waals surface area contributed by atoms with E-state index in [1.165, 1.54) is 35.1 Å². The number of rotatable bonds is 9. The number of nitrogen functional groups attached to an aromatic ring is 1. The Balaban J connectivity index is 1.73. The van der Waals surface area contributed by atoms with Gasteiger partial charge in [0.2, 0.25) is 6.79 Å². The maximum absolute atomic E-state index is 13.1. The molecule has 0 aromatic carbocycles. The summed E-state index contributed by atoms with van der Waals surface area (Å²) >= 11 is 2.62. The van der Waals surface area contributed by atoms with Crippen LogP contribution in [0.25, 0.3) is 5.57 Å². The zero-order valence-corrected chi connectivity index (χ0v) is 22.4. The van der Waals surface area contributed by atoms with Crippen LogP contribution < -0.4 is 11.1 Å². The number of aromatic nitrogens is 1. The first kappa shape index (κ1) is 27.7. The molecule has 13 heteroatoms. The highest BCUT2D eigenvalue weighted by atomic mass is 32.2. The molecule has 196 valence electrons. The molecule has 3 heterocycles. The number of hydrogen-bond donors (Lipinski definition) is 2. The van der Waals surface area contributed by atoms with E-state index in [0.717, 1.165) is 0 Å². The number of methoxy groups -OCH3 is 1. The van der Waals surface area contributed by atoms with E-state index < -0.39 is 47.4 Å². The number of nitrogens with two attached hydrogens (primary N) is 1. The van der Waals surface area contributed by atoms with Crippen molar-refractivity contribution in [3.63, 3.8) is 0 Å². The number of esters is 2. The molecule has 1 aromatic rings. The number of fused-ring (bicyclic) bond motifs is 1. The summed E-state index contributed by atoms with van der Waals surface area (Å²) in [5.74, 6) is -1.86. The Morgan fingerprint density at radius 3 is 2.61 bits per heavy atom. The highest BCUT2D eigenvalue weighted by Gasteiger charge is 2.54. The number of anilines is 1. The lowest BCUT2D eigenvalue weighted by Crippen LogP contribution is -2.70. The molecule has 0 aliphatic carbocycles. The molecular formula is C23H30N4O7S2. The molecule has 1 saturated heterocycles. The van der Waals surface area contributed by atoms with Gasteiger partial charge in [-0.2, -0.15) is 0 Å². The minimum Gasteiger partial charge on any atom is -0.427 e. The monoisotopic (exact) mass is 538 g/mol. The van der Waals surface area contributed by atoms with Crippen molar-refractivity contribution in [3.8, 4) is 0 Å². The van der Waals surface area contributed by atoms with Crippen molar-refractivity contribution in [1.29, 1.82) is 0 Å². The van der Waals surface area contributed by atoms with Gasteiger partial charge in [0.05, 0.1) is 23.3 Å². The third kappa shape index (κ3) is 5.90. The van der Waals surface area contributed by atoms with Crippen LogP contribution in [0.4, 0.5) is 5.13 Å². The number of carbonyl (C=O) groups excluding carboxylic acids is 4. The number of amides is 2. The SMILES string of the molecule is CC/C=C(\C(=O)N[C@@H]1C(=O)N2C(C(=O)OCOC(=O)C(C)(C)C)=C(COC)CS[C@H]12)c1csc(N)n1. The maximum Gasteiger partial charge on any atom is 0.358 e. The molecule has 0 unspecified atom stereocenters. The van der Waals surface area contributed by atoms with E-state index in [2.05, 4.69) is 10.3 Å². The van der Waals surface area contributed by atoms with E-state index in [1.807, 2.05) is 6.92 Å². The van der Waals surface area contributed by atoms with Crippen molar-refractivity contribution in [2.24, 2.45) is 5.41 Å². The van der Waals surface area contributed by atoms with Crippen molar-refractivity contribution in [1.82, 2.24) is 15.2 Å². The largest absolute Gasteiger partial charge is 0.427 e. The van der Waals surface area contributed by atoms with Crippen molar-refractivity contribution in [2.45, 2.75) is 45.5 Å². The van der Waals surface area contributed by atoms with Gasteiger partial charge in [-0.3, -0.25) is 19.3 Å². The summed E-state index contributed by atoms with van der Waals surface area (Å²) in [6.45, 7) is 6.45. The first-order valence-electron chi connectivity index (χ1n) is 11.2. The van der Waals surface area contributed by atoms with Gasteiger partial charge in [0.1, 0.15) is 17.1 Å². The second-order valence-electron chi connectivity index (χ2n) is 9.07. The molecule has 2 atom stereocenters. The summed E-state index contributed by atoms with van der Waals surface area (Å²) < 4.78 is 15.4. The Morgan fingerprint density at radius 1 is 1.31 bits per heavy atom. The molecule has 3 N–H and O–H groups in total. The first-order valence-corrected chi connectivity index (χ1v) is 13.1. The number of ether oxygens (including phenoxy) is 3. The van der Waals surface area contributed by atoms with Crippen molar-refractivity contribution in [3.05, 3.63) is 28.4 Å². The average Bonchev–Trinajstić information content (AvgIpc) is 3.25. The van der Waals surface area contributed by atoms with Crippen LogP contribution in [-0.2, 0) is 33.4 Å². The lowest BCUT2D eigenvalue weighted by atomic mass is 9.98. The van der Waals surface area contributed by atoms with Gasteiger partial charge in [0.15, 0.2) is 5.13 Å². The quantitative estimate of drug-likeness (QED) is 0.206. The molecule has 11 nitrogen and oxygen atoms in total. The molecule has 36 heavy (non-hydrogen) atoms. The average molecular weight is 539 g/mol.